The molecular weight excluding hydrogens is 1030 g/mol. The lowest BCUT2D eigenvalue weighted by molar-refractivity contribution is -0.130. The Morgan fingerprint density at radius 1 is 0.600 bits per heavy atom. The minimum Gasteiger partial charge on any atom is -0.444 e. The van der Waals surface area contributed by atoms with Crippen LogP contribution in [0.2, 0.25) is 0 Å². The number of rotatable bonds is 10. The first-order valence-electron chi connectivity index (χ1n) is 27.0. The summed E-state index contributed by atoms with van der Waals surface area (Å²) in [6, 6.07) is 8.57. The summed E-state index contributed by atoms with van der Waals surface area (Å²) in [7, 11) is 3.29. The molecule has 0 atom stereocenters. The molecule has 21 heteroatoms. The maximum Gasteiger partial charge on any atom is 0.410 e. The first kappa shape index (κ1) is 63.6. The third-order valence-corrected chi connectivity index (χ3v) is 15.4. The molecule has 7 rings (SSSR count). The number of amides is 6. The number of likely N-dealkylation sites (tertiary alicyclic amines) is 2. The van der Waals surface area contributed by atoms with Crippen molar-refractivity contribution < 1.29 is 51.9 Å². The lowest BCUT2D eigenvalue weighted by Crippen LogP contribution is -2.55. The van der Waals surface area contributed by atoms with E-state index in [9.17, 15) is 47.1 Å². The topological polar surface area (TPSA) is 248 Å². The van der Waals surface area contributed by atoms with E-state index in [-0.39, 0.29) is 40.6 Å². The van der Waals surface area contributed by atoms with Gasteiger partial charge in [-0.15, -0.1) is 0 Å². The zero-order valence-electron chi connectivity index (χ0n) is 49.2. The van der Waals surface area contributed by atoms with Crippen molar-refractivity contribution in [2.75, 3.05) is 49.9 Å². The van der Waals surface area contributed by atoms with Gasteiger partial charge in [0.2, 0.25) is 5.91 Å². The van der Waals surface area contributed by atoms with E-state index in [1.807, 2.05) is 41.5 Å². The molecule has 7 N–H and O–H groups in total. The van der Waals surface area contributed by atoms with Gasteiger partial charge in [0.1, 0.15) is 17.2 Å². The molecule has 0 bridgehead atoms. The van der Waals surface area contributed by atoms with Gasteiger partial charge in [0, 0.05) is 86.6 Å². The van der Waals surface area contributed by atoms with Gasteiger partial charge in [0.25, 0.3) is 35.2 Å². The molecular formula is C59H82F2N10O9. The number of hydrogen-bond donors (Lipinski definition) is 6. The largest absolute Gasteiger partial charge is 0.444 e. The van der Waals surface area contributed by atoms with Crippen LogP contribution in [0, 0.1) is 53.2 Å². The molecule has 80 heavy (non-hydrogen) atoms. The average molecular weight is 1110 g/mol. The molecule has 0 aliphatic carbocycles. The highest BCUT2D eigenvalue weighted by Gasteiger charge is 2.38. The number of nitrogens with zero attached hydrogens (tertiary/aromatic N) is 4. The van der Waals surface area contributed by atoms with Gasteiger partial charge in [-0.3, -0.25) is 33.6 Å². The van der Waals surface area contributed by atoms with Crippen LogP contribution in [0.1, 0.15) is 162 Å². The SMILES string of the molecule is CC(=O)N1CCC(C)(NC(=O)C(=O)c2c(C)c(C(=O)Nc3ccc(F)c(C)c3)c(C)n2C)CC1.CC1(N)CCN(C(=O)OC(C)(C)C)CC1.Cc1cc(NC(=O)c2c(C)c(C(=O)C(=O)NC3(C)CCNCC3)n(C)c2C)ccc1F. The van der Waals surface area contributed by atoms with E-state index in [1.165, 1.54) is 37.3 Å². The van der Waals surface area contributed by atoms with Crippen molar-refractivity contribution >= 4 is 58.6 Å². The molecule has 0 saturated carbocycles. The van der Waals surface area contributed by atoms with Crippen LogP contribution in [-0.2, 0) is 33.2 Å². The number of nitrogens with two attached hydrogens (primary N) is 1. The highest BCUT2D eigenvalue weighted by Crippen LogP contribution is 2.28. The highest BCUT2D eigenvalue weighted by atomic mass is 19.1. The van der Waals surface area contributed by atoms with Crippen LogP contribution >= 0.6 is 0 Å². The third-order valence-electron chi connectivity index (χ3n) is 15.4. The Balaban J connectivity index is 0.000000236. The second kappa shape index (κ2) is 25.5. The molecule has 3 saturated heterocycles. The molecule has 3 aliphatic heterocycles. The number of carbonyl (C=O) groups excluding carboxylic acids is 8. The molecule has 4 aromatic rings. The average Bonchev–Trinajstić information content (AvgIpc) is 3.76. The molecule has 3 aliphatic rings. The smallest absolute Gasteiger partial charge is 0.410 e. The first-order chi connectivity index (χ1) is 37.1. The predicted octanol–water partition coefficient (Wildman–Crippen LogP) is 7.56. The van der Waals surface area contributed by atoms with Crippen molar-refractivity contribution in [1.82, 2.24) is 34.9 Å². The Morgan fingerprint density at radius 2 is 0.975 bits per heavy atom. The number of halogens is 2. The van der Waals surface area contributed by atoms with E-state index in [4.69, 9.17) is 10.5 Å². The number of piperidine rings is 3. The van der Waals surface area contributed by atoms with Crippen molar-refractivity contribution in [2.24, 2.45) is 19.8 Å². The van der Waals surface area contributed by atoms with Crippen molar-refractivity contribution in [3.05, 3.63) is 104 Å². The molecule has 19 nitrogen and oxygen atoms in total. The quantitative estimate of drug-likeness (QED) is 0.0668. The maximum atomic E-state index is 13.5. The van der Waals surface area contributed by atoms with Gasteiger partial charge >= 0.3 is 6.09 Å². The number of aromatic nitrogens is 2. The van der Waals surface area contributed by atoms with E-state index >= 15 is 0 Å². The van der Waals surface area contributed by atoms with Gasteiger partial charge in [-0.2, -0.15) is 0 Å². The second-order valence-electron chi connectivity index (χ2n) is 23.4. The van der Waals surface area contributed by atoms with E-state index in [1.54, 1.807) is 80.6 Å². The van der Waals surface area contributed by atoms with E-state index in [0.717, 1.165) is 38.8 Å². The van der Waals surface area contributed by atoms with Crippen LogP contribution in [0.5, 0.6) is 0 Å². The molecule has 0 spiro atoms. The van der Waals surface area contributed by atoms with Crippen LogP contribution in [0.3, 0.4) is 0 Å². The fourth-order valence-corrected chi connectivity index (χ4v) is 10.0. The Hall–Kier alpha value is -7.26. The molecule has 3 fully saturated rings. The Kier molecular flexibility index (Phi) is 20.2. The highest BCUT2D eigenvalue weighted by molar-refractivity contribution is 6.43. The summed E-state index contributed by atoms with van der Waals surface area (Å²) in [4.78, 5) is 104. The minimum absolute atomic E-state index is 0.0130. The van der Waals surface area contributed by atoms with Gasteiger partial charge < -0.3 is 56.0 Å². The third kappa shape index (κ3) is 15.8. The summed E-state index contributed by atoms with van der Waals surface area (Å²) in [6.07, 6.45) is 4.02. The Labute approximate surface area is 468 Å². The van der Waals surface area contributed by atoms with E-state index in [2.05, 4.69) is 26.6 Å². The number of carbonyl (C=O) groups is 8. The lowest BCUT2D eigenvalue weighted by atomic mass is 9.89. The summed E-state index contributed by atoms with van der Waals surface area (Å²) >= 11 is 0. The number of anilines is 2. The van der Waals surface area contributed by atoms with Gasteiger partial charge in [-0.25, -0.2) is 13.6 Å². The van der Waals surface area contributed by atoms with Crippen molar-refractivity contribution in [3.63, 3.8) is 0 Å². The zero-order valence-corrected chi connectivity index (χ0v) is 49.2. The number of benzene rings is 2. The summed E-state index contributed by atoms with van der Waals surface area (Å²) < 4.78 is 35.5. The molecule has 5 heterocycles. The maximum absolute atomic E-state index is 13.5. The van der Waals surface area contributed by atoms with E-state index < -0.39 is 51.9 Å². The Bertz CT molecular complexity index is 3040. The van der Waals surface area contributed by atoms with Crippen molar-refractivity contribution in [1.29, 1.82) is 0 Å². The summed E-state index contributed by atoms with van der Waals surface area (Å²) in [5, 5.41) is 14.4. The monoisotopic (exact) mass is 1110 g/mol. The van der Waals surface area contributed by atoms with Gasteiger partial charge in [-0.05, 0) is 193 Å². The first-order valence-corrected chi connectivity index (χ1v) is 27.0. The van der Waals surface area contributed by atoms with Crippen LogP contribution < -0.4 is 32.3 Å². The number of nitrogens with one attached hydrogen (secondary N) is 5. The predicted molar refractivity (Wildman–Crippen MR) is 303 cm³/mol. The molecule has 0 unspecified atom stereocenters. The Morgan fingerprint density at radius 3 is 1.34 bits per heavy atom. The van der Waals surface area contributed by atoms with Crippen molar-refractivity contribution in [3.8, 4) is 0 Å². The zero-order chi connectivity index (χ0) is 60.0. The normalized spacial score (nSPS) is 16.4. The number of ether oxygens (including phenoxy) is 1. The van der Waals surface area contributed by atoms with Gasteiger partial charge in [0.05, 0.1) is 22.5 Å². The fraction of sp³-hybridized carbons (Fsp3) is 0.525. The van der Waals surface area contributed by atoms with Crippen LogP contribution in [0.15, 0.2) is 36.4 Å². The second-order valence-corrected chi connectivity index (χ2v) is 23.4. The van der Waals surface area contributed by atoms with Gasteiger partial charge in [-0.1, -0.05) is 0 Å². The standard InChI is InChI=1S/C25H31FN4O4.C23H29FN4O3.C11H22N2O2/c1-14-13-18(7-8-19(14)26)27-23(33)20-15(2)21(29(6)16(20)3)22(32)24(34)28-25(5)9-11-30(12-10-25)17(4)31;1-13-12-16(6-7-17(13)24)26-21(30)18-14(2)19(28(5)15(18)3)20(29)22(31)27-23(4)8-10-25-11-9-23;1-10(2,3)15-9(14)13-7-5-11(4,12)6-8-13/h7-8,13H,9-12H2,1-6H3,(H,27,33)(H,28,34);6-7,12,25H,8-11H2,1-5H3,(H,26,30)(H,27,31);5-8,12H2,1-4H3. The number of hydrogen-bond acceptors (Lipinski definition) is 11. The van der Waals surface area contributed by atoms with Crippen LogP contribution in [0.25, 0.3) is 0 Å². The number of ketones is 2. The molecule has 0 radical (unpaired) electrons. The summed E-state index contributed by atoms with van der Waals surface area (Å²) in [5.74, 6) is -4.41. The van der Waals surface area contributed by atoms with Crippen molar-refractivity contribution in [2.45, 2.75) is 151 Å². The number of Topliss-reactive ketones (excluding diaryl/α,β-unsaturated/α-hetero) is 2. The molecule has 6 amide bonds. The fourth-order valence-electron chi connectivity index (χ4n) is 10.0. The van der Waals surface area contributed by atoms with Crippen LogP contribution in [0.4, 0.5) is 25.0 Å². The molecule has 2 aromatic heterocycles. The summed E-state index contributed by atoms with van der Waals surface area (Å²) in [5.41, 5.74) is 8.99. The molecule has 436 valence electrons. The number of aryl methyl sites for hydroxylation is 2. The molecule has 2 aromatic carbocycles. The van der Waals surface area contributed by atoms with Gasteiger partial charge in [0.15, 0.2) is 0 Å². The van der Waals surface area contributed by atoms with Crippen LogP contribution in [-0.4, -0.2) is 128 Å². The van der Waals surface area contributed by atoms with E-state index in [0.29, 0.717) is 95.2 Å². The summed E-state index contributed by atoms with van der Waals surface area (Å²) in [6.45, 7) is 26.9. The lowest BCUT2D eigenvalue weighted by Gasteiger charge is -2.39. The minimum atomic E-state index is -0.747.